The molecule has 0 amide bonds. The summed E-state index contributed by atoms with van der Waals surface area (Å²) in [6, 6.07) is 8.11. The number of esters is 1. The molecule has 2 unspecified atom stereocenters. The number of carbonyl (C=O) groups excluding carboxylic acids is 1. The third-order valence-corrected chi connectivity index (χ3v) is 3.41. The Bertz CT molecular complexity index is 448. The molecule has 2 rings (SSSR count). The molecular weight excluding hydrogens is 212 g/mol. The standard InChI is InChI=1S/C15H18O2/c1-4-17-15(16)14-12-8-6-5-7-11(12)9-13(14)10(2)3/h5-8,13-14H,2,4,9H2,1,3H3. The van der Waals surface area contributed by atoms with Crippen molar-refractivity contribution in [3.63, 3.8) is 0 Å². The van der Waals surface area contributed by atoms with E-state index >= 15 is 0 Å². The molecule has 2 nitrogen and oxygen atoms in total. The summed E-state index contributed by atoms with van der Waals surface area (Å²) in [5.74, 6) is -0.0967. The van der Waals surface area contributed by atoms with E-state index in [4.69, 9.17) is 4.74 Å². The fourth-order valence-electron chi connectivity index (χ4n) is 2.58. The van der Waals surface area contributed by atoms with Crippen LogP contribution >= 0.6 is 0 Å². The van der Waals surface area contributed by atoms with Crippen molar-refractivity contribution in [3.8, 4) is 0 Å². The molecule has 0 heterocycles. The van der Waals surface area contributed by atoms with Crippen LogP contribution < -0.4 is 0 Å². The Morgan fingerprint density at radius 3 is 2.82 bits per heavy atom. The first kappa shape index (κ1) is 11.9. The summed E-state index contributed by atoms with van der Waals surface area (Å²) < 4.78 is 5.18. The Hall–Kier alpha value is -1.57. The summed E-state index contributed by atoms with van der Waals surface area (Å²) in [6.07, 6.45) is 0.898. The number of allylic oxidation sites excluding steroid dienone is 1. The Balaban J connectivity index is 2.37. The summed E-state index contributed by atoms with van der Waals surface area (Å²) in [4.78, 5) is 12.1. The molecule has 0 radical (unpaired) electrons. The maximum absolute atomic E-state index is 12.1. The van der Waals surface area contributed by atoms with Crippen molar-refractivity contribution < 1.29 is 9.53 Å². The van der Waals surface area contributed by atoms with Crippen molar-refractivity contribution in [2.75, 3.05) is 6.61 Å². The monoisotopic (exact) mass is 230 g/mol. The van der Waals surface area contributed by atoms with Gasteiger partial charge in [-0.3, -0.25) is 4.79 Å². The molecule has 17 heavy (non-hydrogen) atoms. The van der Waals surface area contributed by atoms with E-state index in [0.717, 1.165) is 17.6 Å². The Labute approximate surface area is 102 Å². The minimum atomic E-state index is -0.163. The molecule has 0 saturated carbocycles. The molecule has 0 saturated heterocycles. The highest BCUT2D eigenvalue weighted by Gasteiger charge is 2.38. The zero-order valence-corrected chi connectivity index (χ0v) is 10.4. The first-order chi connectivity index (χ1) is 8.15. The van der Waals surface area contributed by atoms with Crippen molar-refractivity contribution in [3.05, 3.63) is 47.5 Å². The van der Waals surface area contributed by atoms with Crippen LogP contribution in [0.4, 0.5) is 0 Å². The van der Waals surface area contributed by atoms with Crippen LogP contribution in [0.25, 0.3) is 0 Å². The number of rotatable bonds is 3. The average molecular weight is 230 g/mol. The van der Waals surface area contributed by atoms with Crippen LogP contribution in [0, 0.1) is 5.92 Å². The fourth-order valence-corrected chi connectivity index (χ4v) is 2.58. The number of ether oxygens (including phenoxy) is 1. The van der Waals surface area contributed by atoms with Crippen molar-refractivity contribution in [1.82, 2.24) is 0 Å². The van der Waals surface area contributed by atoms with Gasteiger partial charge in [-0.1, -0.05) is 36.4 Å². The molecule has 2 atom stereocenters. The molecule has 2 heteroatoms. The zero-order valence-electron chi connectivity index (χ0n) is 10.4. The maximum Gasteiger partial charge on any atom is 0.314 e. The van der Waals surface area contributed by atoms with Gasteiger partial charge in [0.05, 0.1) is 12.5 Å². The first-order valence-electron chi connectivity index (χ1n) is 6.05. The number of hydrogen-bond acceptors (Lipinski definition) is 2. The second kappa shape index (κ2) is 4.74. The SMILES string of the molecule is C=C(C)C1Cc2ccccc2C1C(=O)OCC. The predicted octanol–water partition coefficient (Wildman–Crippen LogP) is 3.08. The molecule has 1 aromatic rings. The smallest absolute Gasteiger partial charge is 0.314 e. The van der Waals surface area contributed by atoms with Crippen molar-refractivity contribution in [1.29, 1.82) is 0 Å². The van der Waals surface area contributed by atoms with Gasteiger partial charge in [-0.25, -0.2) is 0 Å². The van der Waals surface area contributed by atoms with Gasteiger partial charge in [-0.05, 0) is 31.4 Å². The lowest BCUT2D eigenvalue weighted by Gasteiger charge is -2.18. The molecule has 1 aliphatic rings. The van der Waals surface area contributed by atoms with E-state index < -0.39 is 0 Å². The normalized spacial score (nSPS) is 22.0. The van der Waals surface area contributed by atoms with E-state index in [1.54, 1.807) is 0 Å². The molecule has 0 spiro atoms. The van der Waals surface area contributed by atoms with Crippen LogP contribution in [0.15, 0.2) is 36.4 Å². The molecule has 0 aromatic heterocycles. The van der Waals surface area contributed by atoms with Crippen molar-refractivity contribution in [2.45, 2.75) is 26.2 Å². The van der Waals surface area contributed by atoms with Gasteiger partial charge < -0.3 is 4.74 Å². The fraction of sp³-hybridized carbons (Fsp3) is 0.400. The van der Waals surface area contributed by atoms with Crippen LogP contribution in [0.2, 0.25) is 0 Å². The molecule has 0 fully saturated rings. The first-order valence-corrected chi connectivity index (χ1v) is 6.05. The largest absolute Gasteiger partial charge is 0.466 e. The van der Waals surface area contributed by atoms with E-state index in [0.29, 0.717) is 6.61 Å². The molecule has 1 aliphatic carbocycles. The number of benzene rings is 1. The highest BCUT2D eigenvalue weighted by molar-refractivity contribution is 5.81. The number of carbonyl (C=O) groups is 1. The van der Waals surface area contributed by atoms with Crippen LogP contribution in [-0.2, 0) is 16.0 Å². The molecular formula is C15H18O2. The molecule has 0 N–H and O–H groups in total. The lowest BCUT2D eigenvalue weighted by Crippen LogP contribution is -2.21. The highest BCUT2D eigenvalue weighted by atomic mass is 16.5. The molecule has 0 bridgehead atoms. The lowest BCUT2D eigenvalue weighted by atomic mass is 9.88. The topological polar surface area (TPSA) is 26.3 Å². The van der Waals surface area contributed by atoms with Gasteiger partial charge in [0.15, 0.2) is 0 Å². The van der Waals surface area contributed by atoms with Crippen molar-refractivity contribution >= 4 is 5.97 Å². The highest BCUT2D eigenvalue weighted by Crippen LogP contribution is 2.41. The van der Waals surface area contributed by atoms with Gasteiger partial charge in [-0.2, -0.15) is 0 Å². The maximum atomic E-state index is 12.1. The van der Waals surface area contributed by atoms with Crippen LogP contribution in [0.1, 0.15) is 30.9 Å². The summed E-state index contributed by atoms with van der Waals surface area (Å²) in [5.41, 5.74) is 3.41. The van der Waals surface area contributed by atoms with Crippen LogP contribution in [0.3, 0.4) is 0 Å². The van der Waals surface area contributed by atoms with Gasteiger partial charge >= 0.3 is 5.97 Å². The van der Waals surface area contributed by atoms with E-state index in [1.165, 1.54) is 5.56 Å². The minimum absolute atomic E-state index is 0.120. The Morgan fingerprint density at radius 1 is 1.47 bits per heavy atom. The Kier molecular flexibility index (Phi) is 3.32. The summed E-state index contributed by atoms with van der Waals surface area (Å²) in [7, 11) is 0. The summed E-state index contributed by atoms with van der Waals surface area (Å²) >= 11 is 0. The van der Waals surface area contributed by atoms with Crippen molar-refractivity contribution in [2.24, 2.45) is 5.92 Å². The summed E-state index contributed by atoms with van der Waals surface area (Å²) in [6.45, 7) is 8.27. The van der Waals surface area contributed by atoms with E-state index in [1.807, 2.05) is 32.0 Å². The molecule has 1 aromatic carbocycles. The van der Waals surface area contributed by atoms with Crippen LogP contribution in [0.5, 0.6) is 0 Å². The van der Waals surface area contributed by atoms with Crippen LogP contribution in [-0.4, -0.2) is 12.6 Å². The second-order valence-corrected chi connectivity index (χ2v) is 4.59. The van der Waals surface area contributed by atoms with E-state index in [9.17, 15) is 4.79 Å². The van der Waals surface area contributed by atoms with Gasteiger partial charge in [0, 0.05) is 5.92 Å². The minimum Gasteiger partial charge on any atom is -0.466 e. The van der Waals surface area contributed by atoms with Gasteiger partial charge in [0.1, 0.15) is 0 Å². The van der Waals surface area contributed by atoms with Gasteiger partial charge in [0.25, 0.3) is 0 Å². The Morgan fingerprint density at radius 2 is 2.18 bits per heavy atom. The average Bonchev–Trinajstić information content (AvgIpc) is 2.68. The predicted molar refractivity (Wildman–Crippen MR) is 67.8 cm³/mol. The quantitative estimate of drug-likeness (QED) is 0.589. The van der Waals surface area contributed by atoms with E-state index in [-0.39, 0.29) is 17.8 Å². The molecule has 90 valence electrons. The number of fused-ring (bicyclic) bond motifs is 1. The van der Waals surface area contributed by atoms with Gasteiger partial charge in [-0.15, -0.1) is 0 Å². The zero-order chi connectivity index (χ0) is 12.4. The van der Waals surface area contributed by atoms with E-state index in [2.05, 4.69) is 12.6 Å². The third-order valence-electron chi connectivity index (χ3n) is 3.41. The lowest BCUT2D eigenvalue weighted by molar-refractivity contribution is -0.145. The second-order valence-electron chi connectivity index (χ2n) is 4.59. The number of hydrogen-bond donors (Lipinski definition) is 0. The summed E-state index contributed by atoms with van der Waals surface area (Å²) in [5, 5.41) is 0. The molecule has 0 aliphatic heterocycles. The van der Waals surface area contributed by atoms with Gasteiger partial charge in [0.2, 0.25) is 0 Å². The third kappa shape index (κ3) is 2.12.